The van der Waals surface area contributed by atoms with Crippen LogP contribution in [0.15, 0.2) is 18.3 Å². The third kappa shape index (κ3) is 4.97. The van der Waals surface area contributed by atoms with Gasteiger partial charge in [0.05, 0.1) is 11.8 Å². The van der Waals surface area contributed by atoms with E-state index in [0.29, 0.717) is 11.7 Å². The van der Waals surface area contributed by atoms with Gasteiger partial charge in [-0.2, -0.15) is 0 Å². The second-order valence-corrected chi connectivity index (χ2v) is 6.11. The van der Waals surface area contributed by atoms with Crippen molar-refractivity contribution in [3.05, 3.63) is 23.5 Å². The molecule has 0 radical (unpaired) electrons. The molecule has 0 amide bonds. The largest absolute Gasteiger partial charge is 0.489 e. The van der Waals surface area contributed by atoms with Gasteiger partial charge in [-0.25, -0.2) is 4.98 Å². The van der Waals surface area contributed by atoms with Gasteiger partial charge in [0.2, 0.25) is 0 Å². The zero-order chi connectivity index (χ0) is 13.9. The minimum Gasteiger partial charge on any atom is -0.489 e. The summed E-state index contributed by atoms with van der Waals surface area (Å²) in [5.74, 6) is 0.769. The molecule has 1 N–H and O–H groups in total. The van der Waals surface area contributed by atoms with E-state index in [0.717, 1.165) is 31.7 Å². The molecule has 2 heterocycles. The van der Waals surface area contributed by atoms with Gasteiger partial charge in [0.1, 0.15) is 17.0 Å². The molecule has 0 aliphatic carbocycles. The van der Waals surface area contributed by atoms with E-state index in [-0.39, 0.29) is 6.10 Å². The van der Waals surface area contributed by atoms with Gasteiger partial charge in [0.15, 0.2) is 0 Å². The lowest BCUT2D eigenvalue weighted by Crippen LogP contribution is -2.45. The molecule has 0 saturated carbocycles. The molecule has 0 unspecified atom stereocenters. The van der Waals surface area contributed by atoms with Gasteiger partial charge >= 0.3 is 0 Å². The van der Waals surface area contributed by atoms with Gasteiger partial charge in [-0.15, -0.1) is 0 Å². The SMILES string of the molecule is CC(C)(O)CN1CCC(Oc2ccc(Cl)nc2)CC1. The first kappa shape index (κ1) is 14.6. The van der Waals surface area contributed by atoms with Crippen LogP contribution in [-0.4, -0.2) is 46.3 Å². The molecule has 19 heavy (non-hydrogen) atoms. The Morgan fingerprint density at radius 3 is 2.63 bits per heavy atom. The van der Waals surface area contributed by atoms with Crippen molar-refractivity contribution in [2.24, 2.45) is 0 Å². The minimum absolute atomic E-state index is 0.223. The van der Waals surface area contributed by atoms with Gasteiger partial charge in [0.25, 0.3) is 0 Å². The standard InChI is InChI=1S/C14H21ClN2O2/c1-14(2,18)10-17-7-5-11(6-8-17)19-12-3-4-13(15)16-9-12/h3-4,9,11,18H,5-8,10H2,1-2H3. The minimum atomic E-state index is -0.631. The number of hydrogen-bond acceptors (Lipinski definition) is 4. The fourth-order valence-corrected chi connectivity index (χ4v) is 2.47. The summed E-state index contributed by atoms with van der Waals surface area (Å²) in [7, 11) is 0. The summed E-state index contributed by atoms with van der Waals surface area (Å²) in [5.41, 5.74) is -0.631. The van der Waals surface area contributed by atoms with Crippen LogP contribution in [0.5, 0.6) is 5.75 Å². The Kier molecular flexibility index (Phi) is 4.66. The van der Waals surface area contributed by atoms with Crippen molar-refractivity contribution in [1.82, 2.24) is 9.88 Å². The maximum atomic E-state index is 9.80. The smallest absolute Gasteiger partial charge is 0.138 e. The lowest BCUT2D eigenvalue weighted by molar-refractivity contribution is 0.0140. The average molecular weight is 285 g/mol. The number of hydrogen-bond donors (Lipinski definition) is 1. The molecule has 0 bridgehead atoms. The summed E-state index contributed by atoms with van der Waals surface area (Å²) in [5, 5.41) is 10.3. The summed E-state index contributed by atoms with van der Waals surface area (Å²) < 4.78 is 5.88. The number of pyridine rings is 1. The number of rotatable bonds is 4. The van der Waals surface area contributed by atoms with Crippen molar-refractivity contribution >= 4 is 11.6 Å². The third-order valence-electron chi connectivity index (χ3n) is 3.15. The van der Waals surface area contributed by atoms with E-state index in [9.17, 15) is 5.11 Å². The van der Waals surface area contributed by atoms with Crippen LogP contribution in [0.1, 0.15) is 26.7 Å². The summed E-state index contributed by atoms with van der Waals surface area (Å²) in [6, 6.07) is 3.58. The maximum absolute atomic E-state index is 9.80. The van der Waals surface area contributed by atoms with Gasteiger partial charge < -0.3 is 14.7 Å². The Bertz CT molecular complexity index is 395. The van der Waals surface area contributed by atoms with Crippen LogP contribution in [0.25, 0.3) is 0 Å². The first-order valence-electron chi connectivity index (χ1n) is 6.65. The van der Waals surface area contributed by atoms with Crippen LogP contribution in [0.4, 0.5) is 0 Å². The van der Waals surface area contributed by atoms with Crippen LogP contribution in [0.2, 0.25) is 5.15 Å². The molecule has 1 aliphatic heterocycles. The molecule has 0 aromatic carbocycles. The molecule has 1 saturated heterocycles. The van der Waals surface area contributed by atoms with Crippen molar-refractivity contribution in [3.8, 4) is 5.75 Å². The lowest BCUT2D eigenvalue weighted by Gasteiger charge is -2.35. The van der Waals surface area contributed by atoms with Crippen LogP contribution in [0.3, 0.4) is 0 Å². The maximum Gasteiger partial charge on any atom is 0.138 e. The molecule has 0 spiro atoms. The van der Waals surface area contributed by atoms with E-state index in [1.165, 1.54) is 0 Å². The highest BCUT2D eigenvalue weighted by molar-refractivity contribution is 6.29. The zero-order valence-corrected chi connectivity index (χ0v) is 12.2. The molecule has 1 aliphatic rings. The van der Waals surface area contributed by atoms with E-state index in [2.05, 4.69) is 9.88 Å². The zero-order valence-electron chi connectivity index (χ0n) is 11.5. The average Bonchev–Trinajstić information content (AvgIpc) is 2.33. The Morgan fingerprint density at radius 2 is 2.11 bits per heavy atom. The quantitative estimate of drug-likeness (QED) is 0.862. The van der Waals surface area contributed by atoms with Crippen molar-refractivity contribution in [2.75, 3.05) is 19.6 Å². The summed E-state index contributed by atoms with van der Waals surface area (Å²) >= 11 is 5.74. The van der Waals surface area contributed by atoms with Crippen LogP contribution >= 0.6 is 11.6 Å². The highest BCUT2D eigenvalue weighted by Crippen LogP contribution is 2.20. The fourth-order valence-electron chi connectivity index (χ4n) is 2.36. The van der Waals surface area contributed by atoms with Crippen molar-refractivity contribution < 1.29 is 9.84 Å². The predicted molar refractivity (Wildman–Crippen MR) is 75.6 cm³/mol. The molecule has 5 heteroatoms. The van der Waals surface area contributed by atoms with Crippen molar-refractivity contribution in [1.29, 1.82) is 0 Å². The number of aliphatic hydroxyl groups is 1. The van der Waals surface area contributed by atoms with Gasteiger partial charge in [-0.3, -0.25) is 0 Å². The number of likely N-dealkylation sites (tertiary alicyclic amines) is 1. The summed E-state index contributed by atoms with van der Waals surface area (Å²) in [4.78, 5) is 6.28. The highest BCUT2D eigenvalue weighted by atomic mass is 35.5. The number of piperidine rings is 1. The normalized spacial score (nSPS) is 18.5. The van der Waals surface area contributed by atoms with Gasteiger partial charge in [-0.05, 0) is 38.8 Å². The lowest BCUT2D eigenvalue weighted by atomic mass is 10.0. The number of aromatic nitrogens is 1. The van der Waals surface area contributed by atoms with E-state index < -0.39 is 5.60 Å². The molecule has 2 rings (SSSR count). The molecule has 4 nitrogen and oxygen atoms in total. The molecule has 0 atom stereocenters. The third-order valence-corrected chi connectivity index (χ3v) is 3.37. The summed E-state index contributed by atoms with van der Waals surface area (Å²) in [6.45, 7) is 6.30. The monoisotopic (exact) mass is 284 g/mol. The second kappa shape index (κ2) is 6.07. The van der Waals surface area contributed by atoms with Crippen LogP contribution in [-0.2, 0) is 0 Å². The topological polar surface area (TPSA) is 45.6 Å². The van der Waals surface area contributed by atoms with Crippen molar-refractivity contribution in [2.45, 2.75) is 38.4 Å². The second-order valence-electron chi connectivity index (χ2n) is 5.72. The molecule has 1 fully saturated rings. The van der Waals surface area contributed by atoms with Crippen molar-refractivity contribution in [3.63, 3.8) is 0 Å². The number of halogens is 1. The van der Waals surface area contributed by atoms with E-state index in [4.69, 9.17) is 16.3 Å². The Balaban J connectivity index is 1.79. The molecule has 1 aromatic heterocycles. The molecule has 1 aromatic rings. The molecular formula is C14H21ClN2O2. The van der Waals surface area contributed by atoms with E-state index in [1.54, 1.807) is 12.3 Å². The highest BCUT2D eigenvalue weighted by Gasteiger charge is 2.24. The van der Waals surface area contributed by atoms with E-state index >= 15 is 0 Å². The number of ether oxygens (including phenoxy) is 1. The van der Waals surface area contributed by atoms with Gasteiger partial charge in [0, 0.05) is 19.6 Å². The molecule has 106 valence electrons. The van der Waals surface area contributed by atoms with Gasteiger partial charge in [-0.1, -0.05) is 11.6 Å². The predicted octanol–water partition coefficient (Wildman–Crippen LogP) is 2.35. The fraction of sp³-hybridized carbons (Fsp3) is 0.643. The number of β-amino-alcohol motifs (C(OH)–C–C–N with tert-alkyl or cyclic N) is 1. The molecular weight excluding hydrogens is 264 g/mol. The Hall–Kier alpha value is -0.840. The Labute approximate surface area is 119 Å². The van der Waals surface area contributed by atoms with E-state index in [1.807, 2.05) is 19.9 Å². The van der Waals surface area contributed by atoms with Crippen LogP contribution in [0, 0.1) is 0 Å². The summed E-state index contributed by atoms with van der Waals surface area (Å²) in [6.07, 6.45) is 3.82. The van der Waals surface area contributed by atoms with Crippen LogP contribution < -0.4 is 4.74 Å². The first-order chi connectivity index (χ1) is 8.92. The number of nitrogens with zero attached hydrogens (tertiary/aromatic N) is 2. The Morgan fingerprint density at radius 1 is 1.42 bits per heavy atom. The first-order valence-corrected chi connectivity index (χ1v) is 7.03.